The first-order valence-electron chi connectivity index (χ1n) is 5.34. The van der Waals surface area contributed by atoms with Crippen LogP contribution in [0.4, 0.5) is 0 Å². The molecule has 0 fully saturated rings. The minimum atomic E-state index is -0.483. The highest BCUT2D eigenvalue weighted by atomic mass is 79.9. The first-order valence-corrected chi connectivity index (χ1v) is 6.14. The number of hydrogen-bond acceptors (Lipinski definition) is 3. The summed E-state index contributed by atoms with van der Waals surface area (Å²) in [6.07, 6.45) is 2.08. The molecule has 0 aliphatic rings. The van der Waals surface area contributed by atoms with Crippen molar-refractivity contribution >= 4 is 21.7 Å². The zero-order valence-electron chi connectivity index (χ0n) is 9.88. The van der Waals surface area contributed by atoms with E-state index in [0.29, 0.717) is 6.42 Å². The average Bonchev–Trinajstić information content (AvgIpc) is 2.21. The predicted octanol–water partition coefficient (Wildman–Crippen LogP) is 2.34. The molecule has 0 saturated heterocycles. The Morgan fingerprint density at radius 1 is 1.50 bits per heavy atom. The topological polar surface area (TPSA) is 42.0 Å². The van der Waals surface area contributed by atoms with Crippen LogP contribution in [0.1, 0.15) is 26.5 Å². The molecule has 0 atom stereocenters. The Hall–Kier alpha value is -0.740. The predicted molar refractivity (Wildman–Crippen MR) is 68.4 cm³/mol. The van der Waals surface area contributed by atoms with Crippen LogP contribution in [0.5, 0.6) is 0 Å². The van der Waals surface area contributed by atoms with Crippen molar-refractivity contribution < 1.29 is 4.79 Å². The third-order valence-electron chi connectivity index (χ3n) is 2.45. The third-order valence-corrected chi connectivity index (χ3v) is 2.92. The van der Waals surface area contributed by atoms with E-state index in [9.17, 15) is 4.79 Å². The van der Waals surface area contributed by atoms with E-state index in [-0.39, 0.29) is 5.78 Å². The SMILES string of the molecule is CCNC(C)(C)C(=O)Cc1ccc(Br)cn1. The molecule has 0 spiro atoms. The number of nitrogens with one attached hydrogen (secondary N) is 1. The number of aromatic nitrogens is 1. The van der Waals surface area contributed by atoms with Crippen molar-refractivity contribution in [3.8, 4) is 0 Å². The maximum Gasteiger partial charge on any atom is 0.158 e. The maximum absolute atomic E-state index is 12.0. The largest absolute Gasteiger partial charge is 0.306 e. The molecule has 88 valence electrons. The van der Waals surface area contributed by atoms with Crippen molar-refractivity contribution in [3.63, 3.8) is 0 Å². The van der Waals surface area contributed by atoms with Crippen LogP contribution in [0.15, 0.2) is 22.8 Å². The van der Waals surface area contributed by atoms with E-state index in [1.165, 1.54) is 0 Å². The molecule has 1 aromatic rings. The molecule has 0 radical (unpaired) electrons. The van der Waals surface area contributed by atoms with Gasteiger partial charge in [-0.2, -0.15) is 0 Å². The minimum absolute atomic E-state index is 0.157. The number of ketones is 1. The summed E-state index contributed by atoms with van der Waals surface area (Å²) in [5.74, 6) is 0.157. The third kappa shape index (κ3) is 3.68. The van der Waals surface area contributed by atoms with Crippen molar-refractivity contribution in [1.29, 1.82) is 0 Å². The van der Waals surface area contributed by atoms with Crippen LogP contribution in [0, 0.1) is 0 Å². The van der Waals surface area contributed by atoms with Crippen molar-refractivity contribution in [2.45, 2.75) is 32.7 Å². The van der Waals surface area contributed by atoms with Gasteiger partial charge >= 0.3 is 0 Å². The number of pyridine rings is 1. The Labute approximate surface area is 105 Å². The van der Waals surface area contributed by atoms with E-state index in [1.807, 2.05) is 32.9 Å². The van der Waals surface area contributed by atoms with Gasteiger partial charge in [-0.25, -0.2) is 0 Å². The molecule has 0 aliphatic heterocycles. The molecule has 1 heterocycles. The number of likely N-dealkylation sites (N-methyl/N-ethyl adjacent to an activating group) is 1. The zero-order valence-corrected chi connectivity index (χ0v) is 11.5. The number of hydrogen-bond donors (Lipinski definition) is 1. The average molecular weight is 285 g/mol. The van der Waals surface area contributed by atoms with Gasteiger partial charge in [0.15, 0.2) is 5.78 Å². The summed E-state index contributed by atoms with van der Waals surface area (Å²) in [7, 11) is 0. The van der Waals surface area contributed by atoms with Gasteiger partial charge in [0.05, 0.1) is 12.0 Å². The fraction of sp³-hybridized carbons (Fsp3) is 0.500. The summed E-state index contributed by atoms with van der Waals surface area (Å²) in [6.45, 7) is 6.58. The van der Waals surface area contributed by atoms with E-state index < -0.39 is 5.54 Å². The number of rotatable bonds is 5. The molecule has 0 aliphatic carbocycles. The van der Waals surface area contributed by atoms with Gasteiger partial charge in [-0.1, -0.05) is 6.92 Å². The molecule has 0 aromatic carbocycles. The van der Waals surface area contributed by atoms with Crippen LogP contribution in [0.3, 0.4) is 0 Å². The van der Waals surface area contributed by atoms with Gasteiger partial charge in [-0.05, 0) is 48.5 Å². The summed E-state index contributed by atoms with van der Waals surface area (Å²) in [6, 6.07) is 3.76. The summed E-state index contributed by atoms with van der Waals surface area (Å²) < 4.78 is 0.926. The quantitative estimate of drug-likeness (QED) is 0.903. The van der Waals surface area contributed by atoms with Gasteiger partial charge in [-0.15, -0.1) is 0 Å². The summed E-state index contributed by atoms with van der Waals surface area (Å²) in [4.78, 5) is 16.2. The molecule has 16 heavy (non-hydrogen) atoms. The van der Waals surface area contributed by atoms with Crippen LogP contribution < -0.4 is 5.32 Å². The van der Waals surface area contributed by atoms with Crippen LogP contribution in [-0.4, -0.2) is 22.9 Å². The highest BCUT2D eigenvalue weighted by Crippen LogP contribution is 2.11. The van der Waals surface area contributed by atoms with Crippen molar-refractivity contribution in [2.24, 2.45) is 0 Å². The summed E-state index contributed by atoms with van der Waals surface area (Å²) in [5.41, 5.74) is 0.322. The Kier molecular flexibility index (Phi) is 4.62. The lowest BCUT2D eigenvalue weighted by Gasteiger charge is -2.23. The monoisotopic (exact) mass is 284 g/mol. The molecule has 1 rings (SSSR count). The second-order valence-corrected chi connectivity index (χ2v) is 5.14. The van der Waals surface area contributed by atoms with E-state index in [0.717, 1.165) is 16.7 Å². The lowest BCUT2D eigenvalue weighted by Crippen LogP contribution is -2.47. The molecule has 1 aromatic heterocycles. The highest BCUT2D eigenvalue weighted by Gasteiger charge is 2.25. The highest BCUT2D eigenvalue weighted by molar-refractivity contribution is 9.10. The summed E-state index contributed by atoms with van der Waals surface area (Å²) in [5, 5.41) is 3.17. The molecule has 1 N–H and O–H groups in total. The van der Waals surface area contributed by atoms with Crippen LogP contribution >= 0.6 is 15.9 Å². The molecule has 0 amide bonds. The second kappa shape index (κ2) is 5.55. The fourth-order valence-electron chi connectivity index (χ4n) is 1.44. The lowest BCUT2D eigenvalue weighted by atomic mass is 9.95. The Morgan fingerprint density at radius 2 is 2.19 bits per heavy atom. The van der Waals surface area contributed by atoms with Gasteiger partial charge in [0.2, 0.25) is 0 Å². The molecular formula is C12H17BrN2O. The molecule has 4 heteroatoms. The lowest BCUT2D eigenvalue weighted by molar-refractivity contribution is -0.123. The van der Waals surface area contributed by atoms with Crippen LogP contribution in [0.25, 0.3) is 0 Å². The van der Waals surface area contributed by atoms with Gasteiger partial charge in [-0.3, -0.25) is 9.78 Å². The number of halogens is 1. The number of nitrogens with zero attached hydrogens (tertiary/aromatic N) is 1. The van der Waals surface area contributed by atoms with Gasteiger partial charge < -0.3 is 5.32 Å². The van der Waals surface area contributed by atoms with Crippen LogP contribution in [-0.2, 0) is 11.2 Å². The molecular weight excluding hydrogens is 268 g/mol. The van der Waals surface area contributed by atoms with Gasteiger partial charge in [0.1, 0.15) is 0 Å². The molecule has 0 unspecified atom stereocenters. The Morgan fingerprint density at radius 3 is 2.69 bits per heavy atom. The second-order valence-electron chi connectivity index (χ2n) is 4.22. The zero-order chi connectivity index (χ0) is 12.2. The maximum atomic E-state index is 12.0. The molecule has 3 nitrogen and oxygen atoms in total. The summed E-state index contributed by atoms with van der Waals surface area (Å²) >= 11 is 3.32. The van der Waals surface area contributed by atoms with E-state index in [1.54, 1.807) is 6.20 Å². The first kappa shape index (κ1) is 13.3. The van der Waals surface area contributed by atoms with Crippen molar-refractivity contribution in [1.82, 2.24) is 10.3 Å². The Bertz CT molecular complexity index is 360. The van der Waals surface area contributed by atoms with E-state index >= 15 is 0 Å². The van der Waals surface area contributed by atoms with Gasteiger partial charge in [0.25, 0.3) is 0 Å². The minimum Gasteiger partial charge on any atom is -0.306 e. The number of carbonyl (C=O) groups is 1. The smallest absolute Gasteiger partial charge is 0.158 e. The fourth-order valence-corrected chi connectivity index (χ4v) is 1.67. The molecule has 0 saturated carbocycles. The molecule has 0 bridgehead atoms. The number of carbonyl (C=O) groups excluding carboxylic acids is 1. The van der Waals surface area contributed by atoms with E-state index in [4.69, 9.17) is 0 Å². The van der Waals surface area contributed by atoms with Crippen molar-refractivity contribution in [2.75, 3.05) is 6.54 Å². The number of Topliss-reactive ketones (excluding diaryl/α,β-unsaturated/α-hetero) is 1. The van der Waals surface area contributed by atoms with Crippen molar-refractivity contribution in [3.05, 3.63) is 28.5 Å². The standard InChI is InChI=1S/C12H17BrN2O/c1-4-15-12(2,3)11(16)7-10-6-5-9(13)8-14-10/h5-6,8,15H,4,7H2,1-3H3. The van der Waals surface area contributed by atoms with E-state index in [2.05, 4.69) is 26.2 Å². The Balaban J connectivity index is 2.67. The normalized spacial score (nSPS) is 11.5. The van der Waals surface area contributed by atoms with Crippen LogP contribution in [0.2, 0.25) is 0 Å². The first-order chi connectivity index (χ1) is 7.45. The van der Waals surface area contributed by atoms with Gasteiger partial charge in [0, 0.05) is 16.4 Å².